The number of fused-ring (bicyclic) bond motifs is 1. The van der Waals surface area contributed by atoms with Crippen molar-refractivity contribution in [2.24, 2.45) is 5.92 Å². The molecule has 1 amide bonds. The number of pyridine rings is 1. The van der Waals surface area contributed by atoms with Crippen molar-refractivity contribution in [1.82, 2.24) is 29.6 Å². The number of carbonyl (C=O) groups excluding carboxylic acids is 1. The fourth-order valence-electron chi connectivity index (χ4n) is 4.22. The molecule has 10 heteroatoms. The highest BCUT2D eigenvalue weighted by Gasteiger charge is 2.35. The fraction of sp³-hybridized carbons (Fsp3) is 0.455. The number of nitrogens with one attached hydrogen (secondary N) is 1. The van der Waals surface area contributed by atoms with Crippen molar-refractivity contribution in [3.05, 3.63) is 47.5 Å². The third-order valence-corrected chi connectivity index (χ3v) is 6.47. The SMILES string of the molecule is CN1CCCN(c2ncc(Cl)c(N3CC(C(=O)NCc4cnc5ccccn45)C3)n2)CC1. The molecule has 0 unspecified atom stereocenters. The Morgan fingerprint density at radius 3 is 2.88 bits per heavy atom. The van der Waals surface area contributed by atoms with Gasteiger partial charge in [-0.25, -0.2) is 9.97 Å². The predicted octanol–water partition coefficient (Wildman–Crippen LogP) is 1.67. The van der Waals surface area contributed by atoms with E-state index >= 15 is 0 Å². The first-order chi connectivity index (χ1) is 15.6. The molecule has 0 saturated carbocycles. The highest BCUT2D eigenvalue weighted by Crippen LogP contribution is 2.31. The molecule has 5 rings (SSSR count). The van der Waals surface area contributed by atoms with Crippen molar-refractivity contribution in [1.29, 1.82) is 0 Å². The highest BCUT2D eigenvalue weighted by atomic mass is 35.5. The maximum absolute atomic E-state index is 12.7. The molecule has 5 heterocycles. The van der Waals surface area contributed by atoms with Gasteiger partial charge < -0.3 is 24.4 Å². The lowest BCUT2D eigenvalue weighted by Crippen LogP contribution is -2.54. The van der Waals surface area contributed by atoms with Crippen LogP contribution in [0.5, 0.6) is 0 Å². The maximum atomic E-state index is 12.7. The first kappa shape index (κ1) is 21.0. The van der Waals surface area contributed by atoms with E-state index in [1.54, 1.807) is 12.4 Å². The summed E-state index contributed by atoms with van der Waals surface area (Å²) in [7, 11) is 2.14. The van der Waals surface area contributed by atoms with Crippen LogP contribution in [0.2, 0.25) is 5.02 Å². The van der Waals surface area contributed by atoms with Crippen molar-refractivity contribution in [3.63, 3.8) is 0 Å². The molecule has 3 aromatic rings. The number of anilines is 2. The van der Waals surface area contributed by atoms with Crippen molar-refractivity contribution in [3.8, 4) is 0 Å². The summed E-state index contributed by atoms with van der Waals surface area (Å²) in [4.78, 5) is 32.8. The number of hydrogen-bond donors (Lipinski definition) is 1. The summed E-state index contributed by atoms with van der Waals surface area (Å²) in [6, 6.07) is 5.84. The number of imidazole rings is 1. The standard InChI is InChI=1S/C22H27ClN8O/c1-28-6-4-7-29(10-9-28)22-26-13-18(23)20(27-22)30-14-16(15-30)21(32)25-12-17-11-24-19-5-2-3-8-31(17)19/h2-3,5,8,11,13,16H,4,6-7,9-10,12,14-15H2,1H3,(H,25,32). The Hall–Kier alpha value is -2.91. The minimum atomic E-state index is -0.0875. The molecule has 3 aromatic heterocycles. The molecular weight excluding hydrogens is 428 g/mol. The number of halogens is 1. The summed E-state index contributed by atoms with van der Waals surface area (Å²) in [5.74, 6) is 1.36. The third-order valence-electron chi connectivity index (χ3n) is 6.20. The molecule has 32 heavy (non-hydrogen) atoms. The smallest absolute Gasteiger partial charge is 0.227 e. The molecule has 2 aliphatic rings. The number of nitrogens with zero attached hydrogens (tertiary/aromatic N) is 7. The molecule has 2 aliphatic heterocycles. The van der Waals surface area contributed by atoms with Crippen molar-refractivity contribution >= 4 is 34.9 Å². The lowest BCUT2D eigenvalue weighted by Gasteiger charge is -2.39. The minimum Gasteiger partial charge on any atom is -0.353 e. The van der Waals surface area contributed by atoms with Crippen LogP contribution < -0.4 is 15.1 Å². The molecule has 0 aliphatic carbocycles. The highest BCUT2D eigenvalue weighted by molar-refractivity contribution is 6.32. The van der Waals surface area contributed by atoms with E-state index in [2.05, 4.69) is 37.0 Å². The third kappa shape index (κ3) is 4.22. The van der Waals surface area contributed by atoms with Gasteiger partial charge in [0.15, 0.2) is 5.82 Å². The lowest BCUT2D eigenvalue weighted by molar-refractivity contribution is -0.125. The molecule has 1 N–H and O–H groups in total. The Morgan fingerprint density at radius 1 is 1.12 bits per heavy atom. The first-order valence-corrected chi connectivity index (χ1v) is 11.4. The van der Waals surface area contributed by atoms with Crippen LogP contribution in [0.1, 0.15) is 12.1 Å². The van der Waals surface area contributed by atoms with Gasteiger partial charge in [0.25, 0.3) is 0 Å². The average molecular weight is 455 g/mol. The van der Waals surface area contributed by atoms with Crippen LogP contribution in [0.4, 0.5) is 11.8 Å². The monoisotopic (exact) mass is 454 g/mol. The zero-order valence-corrected chi connectivity index (χ0v) is 18.9. The second-order valence-corrected chi connectivity index (χ2v) is 8.89. The Bertz CT molecular complexity index is 1110. The number of rotatable bonds is 5. The molecule has 2 fully saturated rings. The molecule has 0 aromatic carbocycles. The van der Waals surface area contributed by atoms with Gasteiger partial charge in [0.2, 0.25) is 11.9 Å². The van der Waals surface area contributed by atoms with E-state index in [4.69, 9.17) is 16.6 Å². The average Bonchev–Trinajstić information content (AvgIpc) is 3.05. The molecular formula is C22H27ClN8O. The Kier molecular flexibility index (Phi) is 5.84. The van der Waals surface area contributed by atoms with Crippen LogP contribution >= 0.6 is 11.6 Å². The zero-order valence-electron chi connectivity index (χ0n) is 18.1. The second-order valence-electron chi connectivity index (χ2n) is 8.48. The van der Waals surface area contributed by atoms with E-state index in [0.717, 1.165) is 43.9 Å². The molecule has 9 nitrogen and oxygen atoms in total. The summed E-state index contributed by atoms with van der Waals surface area (Å²) < 4.78 is 1.98. The van der Waals surface area contributed by atoms with E-state index in [0.29, 0.717) is 36.4 Å². The quantitative estimate of drug-likeness (QED) is 0.628. The molecule has 168 valence electrons. The van der Waals surface area contributed by atoms with Crippen LogP contribution in [-0.2, 0) is 11.3 Å². The van der Waals surface area contributed by atoms with Gasteiger partial charge in [0.1, 0.15) is 10.7 Å². The predicted molar refractivity (Wildman–Crippen MR) is 124 cm³/mol. The van der Waals surface area contributed by atoms with E-state index in [1.807, 2.05) is 28.8 Å². The van der Waals surface area contributed by atoms with Crippen LogP contribution in [0.3, 0.4) is 0 Å². The van der Waals surface area contributed by atoms with E-state index in [-0.39, 0.29) is 11.8 Å². The van der Waals surface area contributed by atoms with Crippen LogP contribution in [0.25, 0.3) is 5.65 Å². The Labute approximate surface area is 192 Å². The van der Waals surface area contributed by atoms with E-state index in [1.165, 1.54) is 0 Å². The Morgan fingerprint density at radius 2 is 2.00 bits per heavy atom. The van der Waals surface area contributed by atoms with Gasteiger partial charge in [-0.3, -0.25) is 4.79 Å². The van der Waals surface area contributed by atoms with Crippen LogP contribution in [0, 0.1) is 5.92 Å². The molecule has 2 saturated heterocycles. The van der Waals surface area contributed by atoms with Gasteiger partial charge in [-0.15, -0.1) is 0 Å². The van der Waals surface area contributed by atoms with Crippen molar-refractivity contribution in [2.45, 2.75) is 13.0 Å². The second kappa shape index (κ2) is 8.91. The van der Waals surface area contributed by atoms with Gasteiger partial charge in [-0.1, -0.05) is 17.7 Å². The molecule has 0 bridgehead atoms. The maximum Gasteiger partial charge on any atom is 0.227 e. The van der Waals surface area contributed by atoms with Gasteiger partial charge in [-0.05, 0) is 32.1 Å². The largest absolute Gasteiger partial charge is 0.353 e. The summed E-state index contributed by atoms with van der Waals surface area (Å²) >= 11 is 6.41. The van der Waals surface area contributed by atoms with Crippen molar-refractivity contribution in [2.75, 3.05) is 56.1 Å². The van der Waals surface area contributed by atoms with E-state index in [9.17, 15) is 4.79 Å². The fourth-order valence-corrected chi connectivity index (χ4v) is 4.44. The summed E-state index contributed by atoms with van der Waals surface area (Å²) in [5, 5.41) is 3.55. The zero-order chi connectivity index (χ0) is 22.1. The van der Waals surface area contributed by atoms with E-state index < -0.39 is 0 Å². The lowest BCUT2D eigenvalue weighted by atomic mass is 9.99. The number of likely N-dealkylation sites (N-methyl/N-ethyl adjacent to an activating group) is 1. The topological polar surface area (TPSA) is 81.9 Å². The number of hydrogen-bond acceptors (Lipinski definition) is 7. The van der Waals surface area contributed by atoms with Crippen LogP contribution in [-0.4, -0.2) is 76.5 Å². The van der Waals surface area contributed by atoms with Gasteiger partial charge in [0, 0.05) is 38.9 Å². The van der Waals surface area contributed by atoms with Gasteiger partial charge in [-0.2, -0.15) is 4.98 Å². The normalized spacial score (nSPS) is 17.9. The van der Waals surface area contributed by atoms with Gasteiger partial charge >= 0.3 is 0 Å². The summed E-state index contributed by atoms with van der Waals surface area (Å²) in [6.45, 7) is 5.53. The number of aromatic nitrogens is 4. The molecule has 0 atom stereocenters. The number of carbonyl (C=O) groups is 1. The molecule has 0 radical (unpaired) electrons. The summed E-state index contributed by atoms with van der Waals surface area (Å²) in [6.07, 6.45) is 6.50. The number of amides is 1. The van der Waals surface area contributed by atoms with Crippen molar-refractivity contribution < 1.29 is 4.79 Å². The van der Waals surface area contributed by atoms with Crippen LogP contribution in [0.15, 0.2) is 36.8 Å². The first-order valence-electron chi connectivity index (χ1n) is 11.0. The minimum absolute atomic E-state index is 0.0353. The van der Waals surface area contributed by atoms with Gasteiger partial charge in [0.05, 0.1) is 30.6 Å². The Balaban J connectivity index is 1.19. The molecule has 0 spiro atoms. The summed E-state index contributed by atoms with van der Waals surface area (Å²) in [5.41, 5.74) is 1.83.